The Bertz CT molecular complexity index is 431. The number of likely N-dealkylation sites (tertiary alicyclic amines) is 2. The number of hydrogen-bond donors (Lipinski definition) is 1. The van der Waals surface area contributed by atoms with Crippen molar-refractivity contribution in [3.05, 3.63) is 23.7 Å². The van der Waals surface area contributed by atoms with Gasteiger partial charge in [0.05, 0.1) is 6.04 Å². The van der Waals surface area contributed by atoms with Gasteiger partial charge in [-0.3, -0.25) is 4.90 Å². The van der Waals surface area contributed by atoms with Crippen molar-refractivity contribution in [2.45, 2.75) is 51.1 Å². The first kappa shape index (κ1) is 15.1. The van der Waals surface area contributed by atoms with E-state index in [4.69, 9.17) is 10.2 Å². The van der Waals surface area contributed by atoms with Gasteiger partial charge in [-0.1, -0.05) is 6.42 Å². The molecule has 2 aliphatic rings. The number of rotatable bonds is 4. The van der Waals surface area contributed by atoms with Crippen molar-refractivity contribution < 1.29 is 4.42 Å². The summed E-state index contributed by atoms with van der Waals surface area (Å²) in [6.07, 6.45) is 6.74. The van der Waals surface area contributed by atoms with Crippen molar-refractivity contribution in [2.75, 3.05) is 32.7 Å². The van der Waals surface area contributed by atoms with E-state index in [0.717, 1.165) is 30.7 Å². The van der Waals surface area contributed by atoms with Crippen LogP contribution in [0.3, 0.4) is 0 Å². The van der Waals surface area contributed by atoms with Crippen LogP contribution in [0.25, 0.3) is 0 Å². The van der Waals surface area contributed by atoms with Crippen LogP contribution >= 0.6 is 0 Å². The molecule has 3 rings (SSSR count). The lowest BCUT2D eigenvalue weighted by molar-refractivity contribution is 0.0680. The standard InChI is InChI=1S/C17H29N3O/c1-14-5-6-17(21-14)16(13-18)20-11-7-15(8-12-20)19-9-3-2-4-10-19/h5-6,15-16H,2-4,7-13,18H2,1H3. The molecule has 118 valence electrons. The lowest BCUT2D eigenvalue weighted by Crippen LogP contribution is -2.48. The second-order valence-electron chi connectivity index (χ2n) is 6.56. The Labute approximate surface area is 128 Å². The number of furan rings is 1. The quantitative estimate of drug-likeness (QED) is 0.926. The van der Waals surface area contributed by atoms with E-state index in [0.29, 0.717) is 6.54 Å². The molecule has 4 nitrogen and oxygen atoms in total. The summed E-state index contributed by atoms with van der Waals surface area (Å²) in [6.45, 7) is 7.54. The third-order valence-corrected chi connectivity index (χ3v) is 5.16. The molecule has 2 fully saturated rings. The van der Waals surface area contributed by atoms with Gasteiger partial charge in [0.2, 0.25) is 0 Å². The molecule has 3 heterocycles. The zero-order chi connectivity index (χ0) is 14.7. The fourth-order valence-electron chi connectivity index (χ4n) is 3.92. The Morgan fingerprint density at radius 1 is 1.14 bits per heavy atom. The molecule has 4 heteroatoms. The molecule has 2 aliphatic heterocycles. The molecule has 0 saturated carbocycles. The topological polar surface area (TPSA) is 45.6 Å². The minimum atomic E-state index is 0.251. The van der Waals surface area contributed by atoms with Crippen LogP contribution in [-0.2, 0) is 0 Å². The monoisotopic (exact) mass is 291 g/mol. The SMILES string of the molecule is Cc1ccc(C(CN)N2CCC(N3CCCCC3)CC2)o1. The maximum Gasteiger partial charge on any atom is 0.122 e. The second kappa shape index (κ2) is 6.95. The summed E-state index contributed by atoms with van der Waals surface area (Å²) < 4.78 is 5.80. The van der Waals surface area contributed by atoms with Crippen LogP contribution in [0.2, 0.25) is 0 Å². The van der Waals surface area contributed by atoms with E-state index in [-0.39, 0.29) is 6.04 Å². The molecule has 0 aromatic carbocycles. The average Bonchev–Trinajstić information content (AvgIpc) is 2.96. The van der Waals surface area contributed by atoms with Crippen molar-refractivity contribution in [1.29, 1.82) is 0 Å². The van der Waals surface area contributed by atoms with Gasteiger partial charge < -0.3 is 15.1 Å². The summed E-state index contributed by atoms with van der Waals surface area (Å²) in [5, 5.41) is 0. The first-order valence-electron chi connectivity index (χ1n) is 8.52. The van der Waals surface area contributed by atoms with Crippen LogP contribution in [0.5, 0.6) is 0 Å². The number of aryl methyl sites for hydroxylation is 1. The van der Waals surface area contributed by atoms with Crippen molar-refractivity contribution in [3.8, 4) is 0 Å². The van der Waals surface area contributed by atoms with Gasteiger partial charge in [-0.25, -0.2) is 0 Å². The van der Waals surface area contributed by atoms with Gasteiger partial charge >= 0.3 is 0 Å². The minimum Gasteiger partial charge on any atom is -0.465 e. The molecule has 0 amide bonds. The molecule has 0 aliphatic carbocycles. The van der Waals surface area contributed by atoms with Crippen LogP contribution in [0.4, 0.5) is 0 Å². The van der Waals surface area contributed by atoms with Crippen LogP contribution < -0.4 is 5.73 Å². The number of piperidine rings is 2. The van der Waals surface area contributed by atoms with Gasteiger partial charge in [0, 0.05) is 25.7 Å². The Morgan fingerprint density at radius 3 is 2.43 bits per heavy atom. The first-order chi connectivity index (χ1) is 10.3. The Hall–Kier alpha value is -0.840. The molecule has 2 saturated heterocycles. The highest BCUT2D eigenvalue weighted by molar-refractivity contribution is 5.10. The van der Waals surface area contributed by atoms with E-state index < -0.39 is 0 Å². The number of hydrogen-bond acceptors (Lipinski definition) is 4. The molecule has 1 atom stereocenters. The van der Waals surface area contributed by atoms with Gasteiger partial charge in [-0.15, -0.1) is 0 Å². The third kappa shape index (κ3) is 3.50. The summed E-state index contributed by atoms with van der Waals surface area (Å²) in [4.78, 5) is 5.23. The number of nitrogens with two attached hydrogens (primary N) is 1. The fraction of sp³-hybridized carbons (Fsp3) is 0.765. The van der Waals surface area contributed by atoms with Crippen molar-refractivity contribution in [2.24, 2.45) is 5.73 Å². The van der Waals surface area contributed by atoms with Crippen molar-refractivity contribution in [1.82, 2.24) is 9.80 Å². The van der Waals surface area contributed by atoms with E-state index in [9.17, 15) is 0 Å². The molecular formula is C17H29N3O. The highest BCUT2D eigenvalue weighted by Crippen LogP contribution is 2.28. The second-order valence-corrected chi connectivity index (χ2v) is 6.56. The summed E-state index contributed by atoms with van der Waals surface area (Å²) >= 11 is 0. The maximum atomic E-state index is 6.01. The predicted octanol–water partition coefficient (Wildman–Crippen LogP) is 2.54. The van der Waals surface area contributed by atoms with Crippen LogP contribution in [0.1, 0.15) is 49.7 Å². The Balaban J connectivity index is 1.56. The van der Waals surface area contributed by atoms with Gasteiger partial charge in [-0.2, -0.15) is 0 Å². The molecule has 2 N–H and O–H groups in total. The predicted molar refractivity (Wildman–Crippen MR) is 85.3 cm³/mol. The average molecular weight is 291 g/mol. The highest BCUT2D eigenvalue weighted by Gasteiger charge is 2.30. The zero-order valence-electron chi connectivity index (χ0n) is 13.3. The van der Waals surface area contributed by atoms with Gasteiger partial charge in [-0.05, 0) is 57.8 Å². The summed E-state index contributed by atoms with van der Waals surface area (Å²) in [5.74, 6) is 2.01. The normalized spacial score (nSPS) is 24.3. The lowest BCUT2D eigenvalue weighted by atomic mass is 9.98. The zero-order valence-corrected chi connectivity index (χ0v) is 13.3. The smallest absolute Gasteiger partial charge is 0.122 e. The Kier molecular flexibility index (Phi) is 4.99. The first-order valence-corrected chi connectivity index (χ1v) is 8.52. The molecule has 0 radical (unpaired) electrons. The van der Waals surface area contributed by atoms with Crippen LogP contribution in [0, 0.1) is 6.92 Å². The Morgan fingerprint density at radius 2 is 1.86 bits per heavy atom. The molecule has 0 spiro atoms. The highest BCUT2D eigenvalue weighted by atomic mass is 16.3. The van der Waals surface area contributed by atoms with Gasteiger partial charge in [0.25, 0.3) is 0 Å². The summed E-state index contributed by atoms with van der Waals surface area (Å²) in [7, 11) is 0. The van der Waals surface area contributed by atoms with Gasteiger partial charge in [0.1, 0.15) is 11.5 Å². The van der Waals surface area contributed by atoms with E-state index in [1.54, 1.807) is 0 Å². The molecule has 21 heavy (non-hydrogen) atoms. The summed E-state index contributed by atoms with van der Waals surface area (Å²) in [5.41, 5.74) is 6.01. The molecule has 0 bridgehead atoms. The van der Waals surface area contributed by atoms with Crippen molar-refractivity contribution in [3.63, 3.8) is 0 Å². The molecule has 1 unspecified atom stereocenters. The fourth-order valence-corrected chi connectivity index (χ4v) is 3.92. The van der Waals surface area contributed by atoms with E-state index in [1.165, 1.54) is 45.2 Å². The van der Waals surface area contributed by atoms with E-state index in [2.05, 4.69) is 15.9 Å². The van der Waals surface area contributed by atoms with Crippen LogP contribution in [-0.4, -0.2) is 48.6 Å². The molecule has 1 aromatic heterocycles. The van der Waals surface area contributed by atoms with Gasteiger partial charge in [0.15, 0.2) is 0 Å². The lowest BCUT2D eigenvalue weighted by Gasteiger charge is -2.42. The van der Waals surface area contributed by atoms with E-state index >= 15 is 0 Å². The molecule has 1 aromatic rings. The van der Waals surface area contributed by atoms with E-state index in [1.807, 2.05) is 13.0 Å². The van der Waals surface area contributed by atoms with Crippen LogP contribution in [0.15, 0.2) is 16.5 Å². The molecular weight excluding hydrogens is 262 g/mol. The summed E-state index contributed by atoms with van der Waals surface area (Å²) in [6, 6.07) is 5.17. The number of nitrogens with zero attached hydrogens (tertiary/aromatic N) is 2. The minimum absolute atomic E-state index is 0.251. The maximum absolute atomic E-state index is 6.01. The largest absolute Gasteiger partial charge is 0.465 e. The third-order valence-electron chi connectivity index (χ3n) is 5.16. The van der Waals surface area contributed by atoms with Crippen molar-refractivity contribution >= 4 is 0 Å².